The number of rotatable bonds is 50. The van der Waals surface area contributed by atoms with Gasteiger partial charge in [-0.3, -0.25) is 14.2 Å². The summed E-state index contributed by atoms with van der Waals surface area (Å²) in [5.74, 6) is -0.636. The largest absolute Gasteiger partial charge is 0.756 e. The second kappa shape index (κ2) is 49.0. The number of allylic oxidation sites excluding steroid dienone is 11. The van der Waals surface area contributed by atoms with Crippen LogP contribution >= 0.6 is 7.82 Å². The summed E-state index contributed by atoms with van der Waals surface area (Å²) < 4.78 is 30.2. The molecule has 9 nitrogen and oxygen atoms in total. The van der Waals surface area contributed by atoms with Crippen molar-refractivity contribution in [3.63, 3.8) is 0 Å². The Hall–Kier alpha value is -2.55. The number of nitrogens with one attached hydrogen (secondary N) is 1. The Balaban J connectivity index is 5.50. The van der Waals surface area contributed by atoms with Crippen molar-refractivity contribution in [2.45, 2.75) is 251 Å². The molecule has 0 aromatic carbocycles. The third-order valence-electron chi connectivity index (χ3n) is 12.2. The van der Waals surface area contributed by atoms with E-state index in [1.54, 1.807) is 0 Å². The zero-order chi connectivity index (χ0) is 50.8. The molecule has 0 aromatic rings. The summed E-state index contributed by atoms with van der Waals surface area (Å²) >= 11 is 0. The van der Waals surface area contributed by atoms with Gasteiger partial charge < -0.3 is 28.5 Å². The van der Waals surface area contributed by atoms with Crippen LogP contribution in [0.2, 0.25) is 0 Å². The Bertz CT molecular complexity index is 1420. The van der Waals surface area contributed by atoms with Gasteiger partial charge in [0, 0.05) is 12.8 Å². The minimum absolute atomic E-state index is 0.0367. The molecule has 0 aliphatic rings. The first-order valence-electron chi connectivity index (χ1n) is 28.2. The SMILES string of the molecule is CC/C=C/C/C=C/C/C=C/C/C=C/C/C=C/CCC(=O)NC(COP(=O)([O-])OCC[N+](C)(C)C)C(/C=C/CCCCCCCCCCCCC)OC(=O)CCCCCCCCCCCCCCCC. The summed E-state index contributed by atoms with van der Waals surface area (Å²) in [5.41, 5.74) is 0. The highest BCUT2D eigenvalue weighted by Crippen LogP contribution is 2.38. The molecule has 69 heavy (non-hydrogen) atoms. The lowest BCUT2D eigenvalue weighted by Gasteiger charge is -2.30. The van der Waals surface area contributed by atoms with Crippen LogP contribution in [0.1, 0.15) is 239 Å². The highest BCUT2D eigenvalue weighted by atomic mass is 31.2. The second-order valence-electron chi connectivity index (χ2n) is 20.1. The minimum Gasteiger partial charge on any atom is -0.756 e. The molecule has 400 valence electrons. The van der Waals surface area contributed by atoms with Crippen LogP contribution in [0.4, 0.5) is 0 Å². The molecular weight excluding hydrogens is 880 g/mol. The van der Waals surface area contributed by atoms with E-state index in [9.17, 15) is 19.0 Å². The Morgan fingerprint density at radius 2 is 0.942 bits per heavy atom. The Labute approximate surface area is 425 Å². The number of hydrogen-bond donors (Lipinski definition) is 1. The molecule has 1 N–H and O–H groups in total. The van der Waals surface area contributed by atoms with Gasteiger partial charge in [0.1, 0.15) is 19.3 Å². The molecule has 0 aliphatic carbocycles. The number of hydrogen-bond acceptors (Lipinski definition) is 7. The Morgan fingerprint density at radius 3 is 1.39 bits per heavy atom. The molecule has 0 heterocycles. The molecular formula is C59H107N2O7P. The molecule has 0 bridgehead atoms. The highest BCUT2D eigenvalue weighted by Gasteiger charge is 2.27. The standard InChI is InChI=1S/C59H107N2O7P/c1-7-10-13-16-19-22-25-28-30-31-33-36-39-42-45-48-51-58(62)60-56(55-67-69(64,65)66-54-53-61(4,5)6)57(50-47-44-41-38-35-32-27-24-21-18-15-12-9-3)68-59(63)52-49-46-43-40-37-34-29-26-23-20-17-14-11-8-2/h10,13,19,22,28,30,33,36,42,45,47,50,56-57H,7-9,11-12,14-18,20-21,23-27,29,31-32,34-35,37-41,43-44,46,48-49,51-55H2,1-6H3,(H-,60,62,64,65)/b13-10+,22-19+,30-28+,36-33+,45-42+,50-47+. The van der Waals surface area contributed by atoms with Crippen molar-refractivity contribution < 1.29 is 37.3 Å². The number of esters is 1. The number of unbranched alkanes of at least 4 members (excludes halogenated alkanes) is 24. The van der Waals surface area contributed by atoms with Gasteiger partial charge in [-0.25, -0.2) is 0 Å². The first kappa shape index (κ1) is 66.5. The van der Waals surface area contributed by atoms with Gasteiger partial charge in [0.2, 0.25) is 5.91 Å². The van der Waals surface area contributed by atoms with Crippen LogP contribution in [0.15, 0.2) is 72.9 Å². The summed E-state index contributed by atoms with van der Waals surface area (Å²) in [6.45, 7) is 6.67. The maximum atomic E-state index is 13.4. The normalized spacial score (nSPS) is 14.4. The molecule has 3 atom stereocenters. The van der Waals surface area contributed by atoms with Gasteiger partial charge in [-0.1, -0.05) is 235 Å². The van der Waals surface area contributed by atoms with Gasteiger partial charge in [-0.2, -0.15) is 0 Å². The molecule has 0 radical (unpaired) electrons. The van der Waals surface area contributed by atoms with Crippen LogP contribution in [0.5, 0.6) is 0 Å². The fourth-order valence-electron chi connectivity index (χ4n) is 7.80. The van der Waals surface area contributed by atoms with Crippen molar-refractivity contribution in [2.24, 2.45) is 0 Å². The van der Waals surface area contributed by atoms with Crippen molar-refractivity contribution >= 4 is 19.7 Å². The number of phosphoric ester groups is 1. The average molecular weight is 987 g/mol. The molecule has 0 rings (SSSR count). The fourth-order valence-corrected chi connectivity index (χ4v) is 8.53. The molecule has 1 amide bonds. The van der Waals surface area contributed by atoms with Gasteiger partial charge in [-0.15, -0.1) is 0 Å². The lowest BCUT2D eigenvalue weighted by Crippen LogP contribution is -2.47. The van der Waals surface area contributed by atoms with E-state index in [0.717, 1.165) is 70.6 Å². The summed E-state index contributed by atoms with van der Waals surface area (Å²) in [7, 11) is 1.14. The van der Waals surface area contributed by atoms with Crippen molar-refractivity contribution in [1.29, 1.82) is 0 Å². The van der Waals surface area contributed by atoms with Gasteiger partial charge in [0.15, 0.2) is 0 Å². The van der Waals surface area contributed by atoms with Gasteiger partial charge in [-0.05, 0) is 63.9 Å². The van der Waals surface area contributed by atoms with Crippen molar-refractivity contribution in [3.05, 3.63) is 72.9 Å². The van der Waals surface area contributed by atoms with Crippen LogP contribution in [0.25, 0.3) is 0 Å². The Morgan fingerprint density at radius 1 is 0.522 bits per heavy atom. The van der Waals surface area contributed by atoms with Crippen LogP contribution in [-0.2, 0) is 27.9 Å². The summed E-state index contributed by atoms with van der Waals surface area (Å²) in [5, 5.41) is 2.97. The van der Waals surface area contributed by atoms with Crippen LogP contribution in [-0.4, -0.2) is 69.4 Å². The van der Waals surface area contributed by atoms with E-state index < -0.39 is 26.6 Å². The van der Waals surface area contributed by atoms with Crippen LogP contribution < -0.4 is 10.2 Å². The van der Waals surface area contributed by atoms with Crippen molar-refractivity contribution in [3.8, 4) is 0 Å². The number of likely N-dealkylation sites (N-methyl/N-ethyl adjacent to an activating group) is 1. The molecule has 0 aliphatic heterocycles. The quantitative estimate of drug-likeness (QED) is 0.0212. The van der Waals surface area contributed by atoms with Crippen LogP contribution in [0, 0.1) is 0 Å². The third kappa shape index (κ3) is 50.2. The number of carbonyl (C=O) groups is 2. The summed E-state index contributed by atoms with van der Waals surface area (Å²) in [6, 6.07) is -0.927. The number of quaternary nitrogens is 1. The number of phosphoric acid groups is 1. The fraction of sp³-hybridized carbons (Fsp3) is 0.763. The third-order valence-corrected chi connectivity index (χ3v) is 13.1. The van der Waals surface area contributed by atoms with E-state index in [0.29, 0.717) is 17.4 Å². The molecule has 0 saturated carbocycles. The van der Waals surface area contributed by atoms with Gasteiger partial charge in [0.25, 0.3) is 7.82 Å². The average Bonchev–Trinajstić information content (AvgIpc) is 3.31. The molecule has 0 fully saturated rings. The molecule has 0 aromatic heterocycles. The first-order chi connectivity index (χ1) is 33.4. The molecule has 10 heteroatoms. The Kier molecular flexibility index (Phi) is 47.2. The summed E-state index contributed by atoms with van der Waals surface area (Å²) in [6.07, 6.45) is 61.7. The predicted molar refractivity (Wildman–Crippen MR) is 293 cm³/mol. The number of nitrogens with zero attached hydrogens (tertiary/aromatic N) is 1. The zero-order valence-corrected chi connectivity index (χ0v) is 46.4. The van der Waals surface area contributed by atoms with Crippen LogP contribution in [0.3, 0.4) is 0 Å². The van der Waals surface area contributed by atoms with E-state index in [4.69, 9.17) is 13.8 Å². The van der Waals surface area contributed by atoms with E-state index in [1.165, 1.54) is 128 Å². The van der Waals surface area contributed by atoms with E-state index in [-0.39, 0.29) is 31.3 Å². The molecule has 0 saturated heterocycles. The van der Waals surface area contributed by atoms with Gasteiger partial charge >= 0.3 is 5.97 Å². The summed E-state index contributed by atoms with van der Waals surface area (Å²) in [4.78, 5) is 39.8. The maximum absolute atomic E-state index is 13.4. The lowest BCUT2D eigenvalue weighted by molar-refractivity contribution is -0.870. The monoisotopic (exact) mass is 987 g/mol. The highest BCUT2D eigenvalue weighted by molar-refractivity contribution is 7.45. The first-order valence-corrected chi connectivity index (χ1v) is 29.7. The second-order valence-corrected chi connectivity index (χ2v) is 21.5. The number of ether oxygens (including phenoxy) is 1. The van der Waals surface area contributed by atoms with E-state index in [2.05, 4.69) is 74.7 Å². The van der Waals surface area contributed by atoms with Crippen molar-refractivity contribution in [2.75, 3.05) is 40.9 Å². The maximum Gasteiger partial charge on any atom is 0.306 e. The smallest absolute Gasteiger partial charge is 0.306 e. The molecule has 0 spiro atoms. The lowest BCUT2D eigenvalue weighted by atomic mass is 10.0. The topological polar surface area (TPSA) is 114 Å². The van der Waals surface area contributed by atoms with Gasteiger partial charge in [0.05, 0.1) is 33.8 Å². The molecule has 3 unspecified atom stereocenters. The number of amides is 1. The predicted octanol–water partition coefficient (Wildman–Crippen LogP) is 16.3. The van der Waals surface area contributed by atoms with Crippen molar-refractivity contribution in [1.82, 2.24) is 5.32 Å². The van der Waals surface area contributed by atoms with E-state index in [1.807, 2.05) is 45.4 Å². The van der Waals surface area contributed by atoms with E-state index >= 15 is 0 Å². The zero-order valence-electron chi connectivity index (χ0n) is 45.5. The number of carbonyl (C=O) groups excluding carboxylic acids is 2. The minimum atomic E-state index is -4.71.